The zero-order valence-corrected chi connectivity index (χ0v) is 31.8. The molecule has 2 aromatic heterocycles. The molecule has 1 fully saturated rings. The van der Waals surface area contributed by atoms with Crippen LogP contribution in [0.15, 0.2) is 199 Å². The average Bonchev–Trinajstić information content (AvgIpc) is 3.83. The van der Waals surface area contributed by atoms with Gasteiger partial charge in [-0.05, 0) is 114 Å². The molecule has 57 heavy (non-hydrogen) atoms. The first kappa shape index (κ1) is 33.5. The van der Waals surface area contributed by atoms with Crippen molar-refractivity contribution in [3.63, 3.8) is 0 Å². The summed E-state index contributed by atoms with van der Waals surface area (Å²) in [5, 5.41) is 4.76. The van der Waals surface area contributed by atoms with E-state index in [0.717, 1.165) is 39.0 Å². The van der Waals surface area contributed by atoms with Crippen LogP contribution in [0.4, 0.5) is 17.1 Å². The van der Waals surface area contributed by atoms with E-state index >= 15 is 0 Å². The van der Waals surface area contributed by atoms with Crippen LogP contribution in [0.25, 0.3) is 60.6 Å². The largest absolute Gasteiger partial charge is 0.456 e. The molecule has 3 heteroatoms. The van der Waals surface area contributed by atoms with Gasteiger partial charge in [0, 0.05) is 49.7 Å². The molecule has 8 aromatic carbocycles. The van der Waals surface area contributed by atoms with Crippen LogP contribution in [0.1, 0.15) is 43.2 Å². The summed E-state index contributed by atoms with van der Waals surface area (Å²) >= 11 is 0. The highest BCUT2D eigenvalue weighted by Crippen LogP contribution is 2.46. The Hall–Kier alpha value is -6.84. The number of hydrogen-bond acceptors (Lipinski definition) is 2. The van der Waals surface area contributed by atoms with E-state index in [-0.39, 0.29) is 5.41 Å². The fourth-order valence-electron chi connectivity index (χ4n) is 9.70. The van der Waals surface area contributed by atoms with Crippen molar-refractivity contribution in [3.05, 3.63) is 205 Å². The van der Waals surface area contributed by atoms with Crippen LogP contribution in [0.3, 0.4) is 0 Å². The molecule has 0 spiro atoms. The lowest BCUT2D eigenvalue weighted by molar-refractivity contribution is 0.346. The van der Waals surface area contributed by atoms with Crippen LogP contribution < -0.4 is 4.90 Å². The lowest BCUT2D eigenvalue weighted by Crippen LogP contribution is -2.30. The third-order valence-electron chi connectivity index (χ3n) is 12.5. The van der Waals surface area contributed by atoms with Gasteiger partial charge in [0.25, 0.3) is 0 Å². The van der Waals surface area contributed by atoms with Gasteiger partial charge in [-0.1, -0.05) is 135 Å². The lowest BCUT2D eigenvalue weighted by atomic mass is 9.65. The average molecular weight is 735 g/mol. The highest BCUT2D eigenvalue weighted by molar-refractivity contribution is 6.10. The van der Waals surface area contributed by atoms with E-state index in [1.54, 1.807) is 0 Å². The van der Waals surface area contributed by atoms with Gasteiger partial charge in [-0.25, -0.2) is 0 Å². The smallest absolute Gasteiger partial charge is 0.135 e. The molecule has 11 rings (SSSR count). The molecule has 2 heterocycles. The quantitative estimate of drug-likeness (QED) is 0.163. The van der Waals surface area contributed by atoms with Crippen molar-refractivity contribution in [2.75, 3.05) is 4.90 Å². The molecular formula is C54H42N2O. The zero-order chi connectivity index (χ0) is 37.8. The molecule has 0 amide bonds. The van der Waals surface area contributed by atoms with Crippen LogP contribution in [-0.2, 0) is 5.41 Å². The van der Waals surface area contributed by atoms with Crippen molar-refractivity contribution >= 4 is 60.8 Å². The SMILES string of the molecule is c1ccc(-n2c3ccccc3c3cc(-c4ccc(N(c5ccc(C6(c7ccccc7)CCCCC6)cc5)c5ccc6oc7ccccc7c6c5)cc4)ccc32)cc1. The fraction of sp³-hybridized carbons (Fsp3) is 0.111. The number of aromatic nitrogens is 1. The normalized spacial score (nSPS) is 14.1. The summed E-state index contributed by atoms with van der Waals surface area (Å²) in [6, 6.07) is 70.9. The van der Waals surface area contributed by atoms with E-state index in [1.807, 2.05) is 6.07 Å². The first-order valence-corrected chi connectivity index (χ1v) is 20.3. The Kier molecular flexibility index (Phi) is 8.06. The molecule has 0 N–H and O–H groups in total. The number of furan rings is 1. The Morgan fingerprint density at radius 1 is 0.404 bits per heavy atom. The lowest BCUT2D eigenvalue weighted by Gasteiger charge is -2.39. The molecule has 0 unspecified atom stereocenters. The van der Waals surface area contributed by atoms with Crippen LogP contribution in [0, 0.1) is 0 Å². The standard InChI is InChI=1S/C54H42N2O/c1-4-14-40(15-5-1)54(34-12-3-13-35-54)41-25-29-44(30-26-41)55(45-31-33-53-49(37-45)47-19-9-11-21-52(47)57-53)43-27-22-38(23-28-43)39-24-32-51-48(36-39)46-18-8-10-20-50(46)56(51)42-16-6-2-7-17-42/h1-2,4-11,14-33,36-37H,3,12-13,34-35H2. The molecule has 10 aromatic rings. The third-order valence-corrected chi connectivity index (χ3v) is 12.5. The van der Waals surface area contributed by atoms with Crippen molar-refractivity contribution in [1.29, 1.82) is 0 Å². The Balaban J connectivity index is 1.01. The van der Waals surface area contributed by atoms with E-state index in [4.69, 9.17) is 4.42 Å². The van der Waals surface area contributed by atoms with E-state index in [1.165, 1.54) is 81.9 Å². The predicted octanol–water partition coefficient (Wildman–Crippen LogP) is 15.1. The second-order valence-electron chi connectivity index (χ2n) is 15.6. The number of para-hydroxylation sites is 3. The Morgan fingerprint density at radius 3 is 1.75 bits per heavy atom. The van der Waals surface area contributed by atoms with Gasteiger partial charge in [0.05, 0.1) is 11.0 Å². The maximum atomic E-state index is 6.26. The minimum Gasteiger partial charge on any atom is -0.456 e. The van der Waals surface area contributed by atoms with Gasteiger partial charge in [-0.15, -0.1) is 0 Å². The molecule has 0 aliphatic heterocycles. The fourth-order valence-corrected chi connectivity index (χ4v) is 9.70. The summed E-state index contributed by atoms with van der Waals surface area (Å²) in [6.45, 7) is 0. The van der Waals surface area contributed by atoms with Crippen LogP contribution in [-0.4, -0.2) is 4.57 Å². The minimum absolute atomic E-state index is 0.0492. The number of fused-ring (bicyclic) bond motifs is 6. The number of benzene rings is 8. The van der Waals surface area contributed by atoms with Crippen LogP contribution in [0.2, 0.25) is 0 Å². The van der Waals surface area contributed by atoms with Gasteiger partial charge in [0.2, 0.25) is 0 Å². The summed E-state index contributed by atoms with van der Waals surface area (Å²) in [7, 11) is 0. The van der Waals surface area contributed by atoms with E-state index in [0.29, 0.717) is 0 Å². The monoisotopic (exact) mass is 734 g/mol. The van der Waals surface area contributed by atoms with Gasteiger partial charge in [-0.2, -0.15) is 0 Å². The first-order valence-electron chi connectivity index (χ1n) is 20.3. The predicted molar refractivity (Wildman–Crippen MR) is 238 cm³/mol. The molecule has 0 radical (unpaired) electrons. The van der Waals surface area contributed by atoms with E-state index in [2.05, 4.69) is 198 Å². The first-order chi connectivity index (χ1) is 28.2. The summed E-state index contributed by atoms with van der Waals surface area (Å²) in [6.07, 6.45) is 6.20. The maximum Gasteiger partial charge on any atom is 0.135 e. The molecule has 0 bridgehead atoms. The molecule has 274 valence electrons. The number of rotatable bonds is 7. The highest BCUT2D eigenvalue weighted by atomic mass is 16.3. The van der Waals surface area contributed by atoms with Gasteiger partial charge in [0.1, 0.15) is 11.2 Å². The topological polar surface area (TPSA) is 21.3 Å². The molecule has 3 nitrogen and oxygen atoms in total. The van der Waals surface area contributed by atoms with Gasteiger partial charge < -0.3 is 13.9 Å². The van der Waals surface area contributed by atoms with Crippen molar-refractivity contribution in [2.24, 2.45) is 0 Å². The highest BCUT2D eigenvalue weighted by Gasteiger charge is 2.35. The second kappa shape index (κ2) is 13.7. The van der Waals surface area contributed by atoms with Crippen molar-refractivity contribution in [2.45, 2.75) is 37.5 Å². The van der Waals surface area contributed by atoms with Crippen molar-refractivity contribution in [3.8, 4) is 16.8 Å². The molecule has 0 saturated heterocycles. The Labute approximate surface area is 333 Å². The zero-order valence-electron chi connectivity index (χ0n) is 31.8. The summed E-state index contributed by atoms with van der Waals surface area (Å²) in [5.74, 6) is 0. The van der Waals surface area contributed by atoms with E-state index < -0.39 is 0 Å². The number of hydrogen-bond donors (Lipinski definition) is 0. The summed E-state index contributed by atoms with van der Waals surface area (Å²) in [5.41, 5.74) is 14.0. The van der Waals surface area contributed by atoms with Crippen LogP contribution in [0.5, 0.6) is 0 Å². The van der Waals surface area contributed by atoms with Gasteiger partial charge in [-0.3, -0.25) is 0 Å². The number of anilines is 3. The second-order valence-corrected chi connectivity index (χ2v) is 15.6. The molecule has 1 aliphatic carbocycles. The Bertz CT molecular complexity index is 3020. The Morgan fingerprint density at radius 2 is 0.982 bits per heavy atom. The van der Waals surface area contributed by atoms with Crippen LogP contribution >= 0.6 is 0 Å². The van der Waals surface area contributed by atoms with Gasteiger partial charge >= 0.3 is 0 Å². The summed E-state index contributed by atoms with van der Waals surface area (Å²) < 4.78 is 8.63. The van der Waals surface area contributed by atoms with Crippen molar-refractivity contribution < 1.29 is 4.42 Å². The van der Waals surface area contributed by atoms with Crippen molar-refractivity contribution in [1.82, 2.24) is 4.57 Å². The molecular weight excluding hydrogens is 693 g/mol. The summed E-state index contributed by atoms with van der Waals surface area (Å²) in [4.78, 5) is 2.39. The minimum atomic E-state index is 0.0492. The van der Waals surface area contributed by atoms with Gasteiger partial charge in [0.15, 0.2) is 0 Å². The molecule has 1 aliphatic rings. The molecule has 1 saturated carbocycles. The number of nitrogens with zero attached hydrogens (tertiary/aromatic N) is 2. The third kappa shape index (κ3) is 5.65. The maximum absolute atomic E-state index is 6.26. The van der Waals surface area contributed by atoms with E-state index in [9.17, 15) is 0 Å². The molecule has 0 atom stereocenters.